The monoisotopic (exact) mass is 411 g/mol. The van der Waals surface area contributed by atoms with Crippen LogP contribution >= 0.6 is 35.3 Å². The second-order valence-corrected chi connectivity index (χ2v) is 5.10. The summed E-state index contributed by atoms with van der Waals surface area (Å²) < 4.78 is 5.30. The molecule has 0 aliphatic carbocycles. The minimum Gasteiger partial charge on any atom is -0.382 e. The zero-order valence-corrected chi connectivity index (χ0v) is 15.5. The molecule has 1 aromatic rings. The number of nitrogens with zero attached hydrogens (tertiary/aromatic N) is 1. The molecule has 1 heterocycles. The average Bonchev–Trinajstić information content (AvgIpc) is 2.91. The molecule has 0 aromatic carbocycles. The van der Waals surface area contributed by atoms with Gasteiger partial charge >= 0.3 is 0 Å². The van der Waals surface area contributed by atoms with E-state index in [9.17, 15) is 0 Å². The van der Waals surface area contributed by atoms with Crippen LogP contribution in [0.4, 0.5) is 0 Å². The third kappa shape index (κ3) is 9.55. The smallest absolute Gasteiger partial charge is 0.191 e. The summed E-state index contributed by atoms with van der Waals surface area (Å²) in [6, 6.07) is 4.26. The van der Waals surface area contributed by atoms with Crippen LogP contribution in [0.15, 0.2) is 22.5 Å². The Morgan fingerprint density at radius 2 is 2.20 bits per heavy atom. The first-order valence-electron chi connectivity index (χ1n) is 6.99. The van der Waals surface area contributed by atoms with Crippen molar-refractivity contribution in [2.45, 2.75) is 26.7 Å². The Morgan fingerprint density at radius 1 is 1.35 bits per heavy atom. The minimum absolute atomic E-state index is 0. The molecular weight excluding hydrogens is 385 g/mol. The molecule has 0 bridgehead atoms. The highest BCUT2D eigenvalue weighted by atomic mass is 127. The highest BCUT2D eigenvalue weighted by Gasteiger charge is 1.98. The van der Waals surface area contributed by atoms with Gasteiger partial charge in [0.2, 0.25) is 0 Å². The molecule has 4 nitrogen and oxygen atoms in total. The SMILES string of the molecule is CCNC(=NCCCOCC)NCCc1cccs1.I. The van der Waals surface area contributed by atoms with Gasteiger partial charge in [0.05, 0.1) is 0 Å². The molecule has 0 saturated carbocycles. The molecule has 0 atom stereocenters. The molecule has 0 spiro atoms. The van der Waals surface area contributed by atoms with Gasteiger partial charge < -0.3 is 15.4 Å². The Labute approximate surface area is 143 Å². The van der Waals surface area contributed by atoms with Gasteiger partial charge in [-0.3, -0.25) is 4.99 Å². The number of halogens is 1. The zero-order valence-electron chi connectivity index (χ0n) is 12.4. The van der Waals surface area contributed by atoms with Gasteiger partial charge in [0, 0.05) is 37.7 Å². The third-order valence-corrected chi connectivity index (χ3v) is 3.45. The summed E-state index contributed by atoms with van der Waals surface area (Å²) in [4.78, 5) is 5.92. The quantitative estimate of drug-likeness (QED) is 0.284. The second kappa shape index (κ2) is 13.6. The Bertz CT molecular complexity index is 344. The largest absolute Gasteiger partial charge is 0.382 e. The Morgan fingerprint density at radius 3 is 2.85 bits per heavy atom. The number of nitrogens with one attached hydrogen (secondary N) is 2. The van der Waals surface area contributed by atoms with Crippen molar-refractivity contribution >= 4 is 41.3 Å². The number of hydrogen-bond donors (Lipinski definition) is 2. The summed E-state index contributed by atoms with van der Waals surface area (Å²) in [5.41, 5.74) is 0. The summed E-state index contributed by atoms with van der Waals surface area (Å²) in [5.74, 6) is 0.899. The highest BCUT2D eigenvalue weighted by Crippen LogP contribution is 2.07. The molecule has 1 rings (SSSR count). The number of ether oxygens (including phenoxy) is 1. The van der Waals surface area contributed by atoms with E-state index in [-0.39, 0.29) is 24.0 Å². The summed E-state index contributed by atoms with van der Waals surface area (Å²) in [5, 5.41) is 8.72. The van der Waals surface area contributed by atoms with Crippen LogP contribution in [-0.2, 0) is 11.2 Å². The summed E-state index contributed by atoms with van der Waals surface area (Å²) >= 11 is 1.80. The number of hydrogen-bond acceptors (Lipinski definition) is 3. The minimum atomic E-state index is 0. The second-order valence-electron chi connectivity index (χ2n) is 4.07. The Kier molecular flexibility index (Phi) is 13.4. The maximum absolute atomic E-state index is 5.30. The molecule has 6 heteroatoms. The third-order valence-electron chi connectivity index (χ3n) is 2.51. The van der Waals surface area contributed by atoms with Crippen molar-refractivity contribution in [1.29, 1.82) is 0 Å². The van der Waals surface area contributed by atoms with Gasteiger partial charge in [0.15, 0.2) is 5.96 Å². The predicted molar refractivity (Wildman–Crippen MR) is 98.5 cm³/mol. The molecule has 0 saturated heterocycles. The Balaban J connectivity index is 0.00000361. The average molecular weight is 411 g/mol. The van der Waals surface area contributed by atoms with Crippen LogP contribution in [0.3, 0.4) is 0 Å². The van der Waals surface area contributed by atoms with E-state index in [1.54, 1.807) is 11.3 Å². The van der Waals surface area contributed by atoms with E-state index in [0.29, 0.717) is 0 Å². The van der Waals surface area contributed by atoms with Crippen molar-refractivity contribution in [3.63, 3.8) is 0 Å². The molecule has 0 fully saturated rings. The lowest BCUT2D eigenvalue weighted by atomic mass is 10.3. The number of rotatable bonds is 9. The van der Waals surface area contributed by atoms with Crippen molar-refractivity contribution in [1.82, 2.24) is 10.6 Å². The summed E-state index contributed by atoms with van der Waals surface area (Å²) in [7, 11) is 0. The first kappa shape index (κ1) is 19.7. The first-order chi connectivity index (χ1) is 9.36. The van der Waals surface area contributed by atoms with E-state index in [2.05, 4.69) is 40.1 Å². The topological polar surface area (TPSA) is 45.7 Å². The molecule has 0 unspecified atom stereocenters. The van der Waals surface area contributed by atoms with Crippen LogP contribution < -0.4 is 10.6 Å². The van der Waals surface area contributed by atoms with E-state index in [4.69, 9.17) is 4.74 Å². The van der Waals surface area contributed by atoms with Gasteiger partial charge in [-0.1, -0.05) is 6.07 Å². The van der Waals surface area contributed by atoms with Crippen molar-refractivity contribution in [3.05, 3.63) is 22.4 Å². The van der Waals surface area contributed by atoms with Gasteiger partial charge in [0.1, 0.15) is 0 Å². The van der Waals surface area contributed by atoms with Crippen LogP contribution in [0.1, 0.15) is 25.1 Å². The van der Waals surface area contributed by atoms with Crippen molar-refractivity contribution in [2.24, 2.45) is 4.99 Å². The van der Waals surface area contributed by atoms with Crippen LogP contribution in [0.5, 0.6) is 0 Å². The lowest BCUT2D eigenvalue weighted by molar-refractivity contribution is 0.146. The van der Waals surface area contributed by atoms with E-state index in [1.165, 1.54) is 4.88 Å². The van der Waals surface area contributed by atoms with E-state index in [0.717, 1.165) is 51.6 Å². The van der Waals surface area contributed by atoms with Crippen LogP contribution in [0, 0.1) is 0 Å². The molecule has 0 aliphatic heterocycles. The molecule has 0 amide bonds. The van der Waals surface area contributed by atoms with Crippen LogP contribution in [0.25, 0.3) is 0 Å². The molecular formula is C14H26IN3OS. The maximum atomic E-state index is 5.30. The van der Waals surface area contributed by atoms with Gasteiger partial charge in [-0.05, 0) is 38.1 Å². The molecule has 2 N–H and O–H groups in total. The van der Waals surface area contributed by atoms with Gasteiger partial charge in [0.25, 0.3) is 0 Å². The molecule has 1 aromatic heterocycles. The maximum Gasteiger partial charge on any atom is 0.191 e. The Hall–Kier alpha value is -0.340. The number of guanidine groups is 1. The fraction of sp³-hybridized carbons (Fsp3) is 0.643. The normalized spacial score (nSPS) is 11.0. The van der Waals surface area contributed by atoms with Gasteiger partial charge in [-0.25, -0.2) is 0 Å². The van der Waals surface area contributed by atoms with Crippen molar-refractivity contribution in [2.75, 3.05) is 32.8 Å². The van der Waals surface area contributed by atoms with Crippen molar-refractivity contribution in [3.8, 4) is 0 Å². The van der Waals surface area contributed by atoms with Crippen LogP contribution in [0.2, 0.25) is 0 Å². The molecule has 116 valence electrons. The lowest BCUT2D eigenvalue weighted by Crippen LogP contribution is -2.38. The zero-order chi connectivity index (χ0) is 13.8. The van der Waals surface area contributed by atoms with E-state index in [1.807, 2.05) is 6.92 Å². The van der Waals surface area contributed by atoms with Gasteiger partial charge in [-0.15, -0.1) is 35.3 Å². The van der Waals surface area contributed by atoms with E-state index >= 15 is 0 Å². The number of aliphatic imine (C=N–C) groups is 1. The number of thiophene rings is 1. The summed E-state index contributed by atoms with van der Waals surface area (Å²) in [6.07, 6.45) is 2.01. The highest BCUT2D eigenvalue weighted by molar-refractivity contribution is 14.0. The standard InChI is InChI=1S/C14H25N3OS.HI/c1-3-15-14(16-9-6-11-18-4-2)17-10-8-13-7-5-12-19-13;/h5,7,12H,3-4,6,8-11H2,1-2H3,(H2,15,16,17);1H. The van der Waals surface area contributed by atoms with Crippen molar-refractivity contribution < 1.29 is 4.74 Å². The molecule has 0 radical (unpaired) electrons. The lowest BCUT2D eigenvalue weighted by Gasteiger charge is -2.10. The predicted octanol–water partition coefficient (Wildman–Crippen LogP) is 2.89. The first-order valence-corrected chi connectivity index (χ1v) is 7.87. The fourth-order valence-electron chi connectivity index (χ4n) is 1.60. The fourth-order valence-corrected chi connectivity index (χ4v) is 2.31. The molecule has 0 aliphatic rings. The van der Waals surface area contributed by atoms with Gasteiger partial charge in [-0.2, -0.15) is 0 Å². The molecule has 20 heavy (non-hydrogen) atoms. The van der Waals surface area contributed by atoms with E-state index < -0.39 is 0 Å². The van der Waals surface area contributed by atoms with Crippen LogP contribution in [-0.4, -0.2) is 38.8 Å². The summed E-state index contributed by atoms with van der Waals surface area (Å²) in [6.45, 7) is 8.26.